The van der Waals surface area contributed by atoms with Gasteiger partial charge in [0.05, 0.1) is 6.10 Å². The van der Waals surface area contributed by atoms with Gasteiger partial charge in [0, 0.05) is 6.42 Å². The van der Waals surface area contributed by atoms with Gasteiger partial charge in [-0.15, -0.1) is 0 Å². The molecule has 0 bridgehead atoms. The highest BCUT2D eigenvalue weighted by Gasteiger charge is 2.30. The monoisotopic (exact) mass is 172 g/mol. The molecule has 0 aromatic carbocycles. The maximum Gasteiger partial charge on any atom is 0.155 e. The van der Waals surface area contributed by atoms with Gasteiger partial charge in [-0.3, -0.25) is 4.79 Å². The molecule has 3 unspecified atom stereocenters. The molecule has 0 aromatic heterocycles. The largest absolute Gasteiger partial charge is 0.390 e. The third-order valence-corrected chi connectivity index (χ3v) is 2.00. The number of aliphatic hydroxyl groups excluding tert-OH is 3. The maximum absolute atomic E-state index is 10.8. The fourth-order valence-electron chi connectivity index (χ4n) is 1.21. The summed E-state index contributed by atoms with van der Waals surface area (Å²) in [4.78, 5) is 10.8. The normalized spacial score (nSPS) is 36.0. The lowest BCUT2D eigenvalue weighted by Crippen LogP contribution is -2.40. The predicted molar refractivity (Wildman–Crippen MR) is 41.4 cm³/mol. The van der Waals surface area contributed by atoms with Gasteiger partial charge in [0.1, 0.15) is 12.2 Å². The zero-order chi connectivity index (χ0) is 9.30. The molecule has 3 N–H and O–H groups in total. The van der Waals surface area contributed by atoms with Crippen molar-refractivity contribution in [1.82, 2.24) is 0 Å². The molecule has 1 aliphatic carbocycles. The number of carbonyl (C=O) groups is 1. The molecule has 1 aliphatic rings. The van der Waals surface area contributed by atoms with Crippen molar-refractivity contribution in [3.8, 4) is 0 Å². The molecule has 0 aromatic rings. The average molecular weight is 172 g/mol. The van der Waals surface area contributed by atoms with E-state index in [2.05, 4.69) is 0 Å². The highest BCUT2D eigenvalue weighted by atomic mass is 16.4. The zero-order valence-corrected chi connectivity index (χ0v) is 6.77. The van der Waals surface area contributed by atoms with Gasteiger partial charge in [-0.25, -0.2) is 0 Å². The van der Waals surface area contributed by atoms with Crippen LogP contribution < -0.4 is 0 Å². The first-order chi connectivity index (χ1) is 5.52. The summed E-state index contributed by atoms with van der Waals surface area (Å²) in [7, 11) is 0. The van der Waals surface area contributed by atoms with Crippen LogP contribution in [0.4, 0.5) is 0 Å². The van der Waals surface area contributed by atoms with E-state index in [4.69, 9.17) is 15.3 Å². The molecule has 0 saturated heterocycles. The van der Waals surface area contributed by atoms with Gasteiger partial charge < -0.3 is 15.3 Å². The Morgan fingerprint density at radius 3 is 2.50 bits per heavy atom. The molecule has 3 atom stereocenters. The molecule has 1 rings (SSSR count). The minimum atomic E-state index is -1.17. The van der Waals surface area contributed by atoms with Crippen LogP contribution in [0.3, 0.4) is 0 Å². The number of carbonyl (C=O) groups excluding carboxylic acids is 1. The van der Waals surface area contributed by atoms with Crippen LogP contribution in [0.15, 0.2) is 11.6 Å². The Labute approximate surface area is 70.1 Å². The molecule has 4 heteroatoms. The van der Waals surface area contributed by atoms with E-state index in [1.54, 1.807) is 0 Å². The van der Waals surface area contributed by atoms with Crippen LogP contribution >= 0.6 is 0 Å². The highest BCUT2D eigenvalue weighted by Crippen LogP contribution is 2.19. The second kappa shape index (κ2) is 3.35. The maximum atomic E-state index is 10.8. The van der Waals surface area contributed by atoms with E-state index in [9.17, 15) is 4.79 Å². The van der Waals surface area contributed by atoms with Gasteiger partial charge in [0.25, 0.3) is 0 Å². The van der Waals surface area contributed by atoms with Gasteiger partial charge in [-0.2, -0.15) is 0 Å². The SMILES string of the molecule is CC(=O)C1=CC(O)C(O)C(O)C1. The van der Waals surface area contributed by atoms with E-state index < -0.39 is 18.3 Å². The van der Waals surface area contributed by atoms with E-state index in [1.807, 2.05) is 0 Å². The minimum absolute atomic E-state index is 0.119. The van der Waals surface area contributed by atoms with Crippen LogP contribution in [-0.2, 0) is 4.79 Å². The summed E-state index contributed by atoms with van der Waals surface area (Å²) in [5.74, 6) is -0.181. The number of aliphatic hydroxyl groups is 3. The summed E-state index contributed by atoms with van der Waals surface area (Å²) in [5, 5.41) is 27.4. The number of hydrogen-bond acceptors (Lipinski definition) is 4. The van der Waals surface area contributed by atoms with Crippen molar-refractivity contribution in [2.75, 3.05) is 0 Å². The summed E-state index contributed by atoms with van der Waals surface area (Å²) in [5.41, 5.74) is 0.375. The first-order valence-electron chi connectivity index (χ1n) is 3.78. The molecule has 0 aliphatic heterocycles. The Morgan fingerprint density at radius 1 is 1.50 bits per heavy atom. The van der Waals surface area contributed by atoms with Crippen LogP contribution in [0.1, 0.15) is 13.3 Å². The quantitative estimate of drug-likeness (QED) is 0.473. The Bertz CT molecular complexity index is 221. The molecule has 4 nitrogen and oxygen atoms in total. The first-order valence-corrected chi connectivity index (χ1v) is 3.78. The van der Waals surface area contributed by atoms with Crippen LogP contribution in [0.5, 0.6) is 0 Å². The molecular weight excluding hydrogens is 160 g/mol. The van der Waals surface area contributed by atoms with Crippen molar-refractivity contribution in [3.63, 3.8) is 0 Å². The van der Waals surface area contributed by atoms with Gasteiger partial charge in [0.15, 0.2) is 5.78 Å². The fraction of sp³-hybridized carbons (Fsp3) is 0.625. The molecule has 68 valence electrons. The molecule has 0 saturated carbocycles. The predicted octanol–water partition coefficient (Wildman–Crippen LogP) is -1.01. The standard InChI is InChI=1S/C8H12O4/c1-4(9)5-2-6(10)8(12)7(11)3-5/h2,6-8,10-12H,3H2,1H3. The van der Waals surface area contributed by atoms with Gasteiger partial charge in [0.2, 0.25) is 0 Å². The van der Waals surface area contributed by atoms with Crippen molar-refractivity contribution in [1.29, 1.82) is 0 Å². The smallest absolute Gasteiger partial charge is 0.155 e. The topological polar surface area (TPSA) is 77.8 Å². The lowest BCUT2D eigenvalue weighted by molar-refractivity contribution is -0.115. The molecule has 0 radical (unpaired) electrons. The molecule has 12 heavy (non-hydrogen) atoms. The Hall–Kier alpha value is -0.710. The van der Waals surface area contributed by atoms with E-state index in [0.717, 1.165) is 0 Å². The summed E-state index contributed by atoms with van der Waals surface area (Å²) < 4.78 is 0. The van der Waals surface area contributed by atoms with Gasteiger partial charge in [-0.05, 0) is 18.6 Å². The molecule has 0 amide bonds. The number of Topliss-reactive ketones (excluding diaryl/α,β-unsaturated/α-hetero) is 1. The van der Waals surface area contributed by atoms with Crippen molar-refractivity contribution < 1.29 is 20.1 Å². The number of hydrogen-bond donors (Lipinski definition) is 3. The molecule has 0 heterocycles. The van der Waals surface area contributed by atoms with Crippen molar-refractivity contribution in [2.24, 2.45) is 0 Å². The summed E-state index contributed by atoms with van der Waals surface area (Å²) >= 11 is 0. The van der Waals surface area contributed by atoms with Gasteiger partial charge >= 0.3 is 0 Å². The second-order valence-electron chi connectivity index (χ2n) is 3.00. The summed E-state index contributed by atoms with van der Waals surface area (Å²) in [6.45, 7) is 1.36. The molecular formula is C8H12O4. The van der Waals surface area contributed by atoms with Gasteiger partial charge in [-0.1, -0.05) is 0 Å². The van der Waals surface area contributed by atoms with Crippen LogP contribution in [0.2, 0.25) is 0 Å². The van der Waals surface area contributed by atoms with Crippen LogP contribution in [0, 0.1) is 0 Å². The van der Waals surface area contributed by atoms with Crippen LogP contribution in [-0.4, -0.2) is 39.4 Å². The first kappa shape index (κ1) is 9.38. The van der Waals surface area contributed by atoms with Crippen molar-refractivity contribution in [3.05, 3.63) is 11.6 Å². The number of rotatable bonds is 1. The second-order valence-corrected chi connectivity index (χ2v) is 3.00. The molecule has 0 spiro atoms. The Kier molecular flexibility index (Phi) is 2.62. The zero-order valence-electron chi connectivity index (χ0n) is 6.77. The number of ketones is 1. The van der Waals surface area contributed by atoms with Crippen LogP contribution in [0.25, 0.3) is 0 Å². The third-order valence-electron chi connectivity index (χ3n) is 2.00. The summed E-state index contributed by atoms with van der Waals surface area (Å²) in [6, 6.07) is 0. The van der Waals surface area contributed by atoms with Crippen molar-refractivity contribution in [2.45, 2.75) is 31.7 Å². The summed E-state index contributed by atoms with van der Waals surface area (Å²) in [6.07, 6.45) is -1.93. The van der Waals surface area contributed by atoms with E-state index in [1.165, 1.54) is 13.0 Å². The average Bonchev–Trinajstić information content (AvgIpc) is 1.99. The molecule has 0 fully saturated rings. The van der Waals surface area contributed by atoms with Crippen molar-refractivity contribution >= 4 is 5.78 Å². The minimum Gasteiger partial charge on any atom is -0.390 e. The van der Waals surface area contributed by atoms with E-state index in [-0.39, 0.29) is 12.2 Å². The van der Waals surface area contributed by atoms with E-state index >= 15 is 0 Å². The lowest BCUT2D eigenvalue weighted by atomic mass is 9.90. The van der Waals surface area contributed by atoms with E-state index in [0.29, 0.717) is 5.57 Å². The lowest BCUT2D eigenvalue weighted by Gasteiger charge is -2.26. The fourth-order valence-corrected chi connectivity index (χ4v) is 1.21. The third kappa shape index (κ3) is 1.72. The Balaban J connectivity index is 2.81. The highest BCUT2D eigenvalue weighted by molar-refractivity contribution is 5.93. The Morgan fingerprint density at radius 2 is 2.08 bits per heavy atom.